The van der Waals surface area contributed by atoms with Gasteiger partial charge in [0.15, 0.2) is 0 Å². The summed E-state index contributed by atoms with van der Waals surface area (Å²) in [4.78, 5) is 22.7. The summed E-state index contributed by atoms with van der Waals surface area (Å²) < 4.78 is 5.30. The van der Waals surface area contributed by atoms with Crippen molar-refractivity contribution < 1.29 is 19.1 Å². The van der Waals surface area contributed by atoms with Crippen LogP contribution >= 0.6 is 0 Å². The van der Waals surface area contributed by atoms with Crippen LogP contribution in [0.15, 0.2) is 16.5 Å². The summed E-state index contributed by atoms with van der Waals surface area (Å²) in [7, 11) is 0. The molecule has 6 heteroatoms. The summed E-state index contributed by atoms with van der Waals surface area (Å²) in [5.41, 5.74) is 0. The quantitative estimate of drug-likeness (QED) is 0.734. The monoisotopic (exact) mass is 268 g/mol. The van der Waals surface area contributed by atoms with E-state index in [0.29, 0.717) is 12.2 Å². The number of nitrogens with one attached hydrogen (secondary N) is 2. The lowest BCUT2D eigenvalue weighted by molar-refractivity contribution is -0.140. The maximum absolute atomic E-state index is 11.6. The molecule has 0 radical (unpaired) electrons. The molecule has 0 saturated carbocycles. The molecular weight excluding hydrogens is 248 g/mol. The van der Waals surface area contributed by atoms with Crippen molar-refractivity contribution in [2.24, 2.45) is 5.92 Å². The first kappa shape index (κ1) is 15.1. The van der Waals surface area contributed by atoms with Gasteiger partial charge in [0.2, 0.25) is 0 Å². The zero-order valence-electron chi connectivity index (χ0n) is 11.4. The highest BCUT2D eigenvalue weighted by molar-refractivity contribution is 5.82. The standard InChI is InChI=1S/C13H20N2O4/c1-4-8(2)11(12(16)17)15-13(18)14-7-10-6-5-9(3)19-10/h5-6,8,11H,4,7H2,1-3H3,(H,16,17)(H2,14,15,18)/t8?,11-/m0/s1. The van der Waals surface area contributed by atoms with Gasteiger partial charge in [0, 0.05) is 0 Å². The molecule has 3 N–H and O–H groups in total. The van der Waals surface area contributed by atoms with Gasteiger partial charge in [-0.25, -0.2) is 9.59 Å². The fraction of sp³-hybridized carbons (Fsp3) is 0.538. The summed E-state index contributed by atoms with van der Waals surface area (Å²) in [5.74, 6) is 0.232. The van der Waals surface area contributed by atoms with E-state index in [9.17, 15) is 9.59 Å². The maximum Gasteiger partial charge on any atom is 0.326 e. The van der Waals surface area contributed by atoms with Gasteiger partial charge in [-0.2, -0.15) is 0 Å². The van der Waals surface area contributed by atoms with E-state index in [1.54, 1.807) is 19.1 Å². The molecule has 0 aromatic carbocycles. The Morgan fingerprint density at radius 2 is 2.11 bits per heavy atom. The number of hydrogen-bond acceptors (Lipinski definition) is 3. The summed E-state index contributed by atoms with van der Waals surface area (Å²) >= 11 is 0. The van der Waals surface area contributed by atoms with Gasteiger partial charge in [0.05, 0.1) is 6.54 Å². The van der Waals surface area contributed by atoms with Crippen molar-refractivity contribution in [3.05, 3.63) is 23.7 Å². The molecule has 0 aliphatic rings. The Morgan fingerprint density at radius 1 is 1.42 bits per heavy atom. The largest absolute Gasteiger partial charge is 0.480 e. The number of urea groups is 1. The molecule has 0 spiro atoms. The Hall–Kier alpha value is -1.98. The molecule has 2 amide bonds. The molecule has 19 heavy (non-hydrogen) atoms. The van der Waals surface area contributed by atoms with Crippen LogP contribution in [0.5, 0.6) is 0 Å². The van der Waals surface area contributed by atoms with Crippen LogP contribution in [0.1, 0.15) is 31.8 Å². The normalized spacial score (nSPS) is 13.6. The van der Waals surface area contributed by atoms with Gasteiger partial charge in [0.25, 0.3) is 0 Å². The molecular formula is C13H20N2O4. The number of carbonyl (C=O) groups excluding carboxylic acids is 1. The lowest BCUT2D eigenvalue weighted by Crippen LogP contribution is -2.48. The molecule has 0 aliphatic heterocycles. The number of rotatable bonds is 6. The van der Waals surface area contributed by atoms with Gasteiger partial charge < -0.3 is 20.2 Å². The van der Waals surface area contributed by atoms with Crippen LogP contribution in [0.3, 0.4) is 0 Å². The molecule has 1 unspecified atom stereocenters. The fourth-order valence-corrected chi connectivity index (χ4v) is 1.62. The van der Waals surface area contributed by atoms with Crippen molar-refractivity contribution in [2.45, 2.75) is 39.8 Å². The lowest BCUT2D eigenvalue weighted by Gasteiger charge is -2.20. The highest BCUT2D eigenvalue weighted by Crippen LogP contribution is 2.08. The zero-order chi connectivity index (χ0) is 14.4. The number of hydrogen-bond donors (Lipinski definition) is 3. The van der Waals surface area contributed by atoms with Crippen LogP contribution in [0.2, 0.25) is 0 Å². The SMILES string of the molecule is CCC(C)[C@H](NC(=O)NCc1ccc(C)o1)C(=O)O. The molecule has 1 aromatic heterocycles. The minimum atomic E-state index is -1.03. The van der Waals surface area contributed by atoms with Gasteiger partial charge in [-0.3, -0.25) is 0 Å². The molecule has 106 valence electrons. The number of aryl methyl sites for hydroxylation is 1. The van der Waals surface area contributed by atoms with Gasteiger partial charge in [-0.05, 0) is 25.0 Å². The zero-order valence-corrected chi connectivity index (χ0v) is 11.4. The Bertz CT molecular complexity index is 442. The van der Waals surface area contributed by atoms with Crippen LogP contribution in [-0.2, 0) is 11.3 Å². The van der Waals surface area contributed by atoms with Crippen molar-refractivity contribution in [2.75, 3.05) is 0 Å². The third-order valence-corrected chi connectivity index (χ3v) is 2.98. The van der Waals surface area contributed by atoms with Crippen LogP contribution in [0.4, 0.5) is 4.79 Å². The molecule has 1 aromatic rings. The molecule has 0 fully saturated rings. The minimum Gasteiger partial charge on any atom is -0.480 e. The third kappa shape index (κ3) is 4.65. The average molecular weight is 268 g/mol. The second-order valence-electron chi connectivity index (χ2n) is 4.54. The maximum atomic E-state index is 11.6. The van der Waals surface area contributed by atoms with E-state index in [0.717, 1.165) is 5.76 Å². The summed E-state index contributed by atoms with van der Waals surface area (Å²) in [6.45, 7) is 5.71. The van der Waals surface area contributed by atoms with Gasteiger partial charge in [-0.15, -0.1) is 0 Å². The average Bonchev–Trinajstić information content (AvgIpc) is 2.78. The Balaban J connectivity index is 2.46. The van der Waals surface area contributed by atoms with Crippen molar-refractivity contribution >= 4 is 12.0 Å². The van der Waals surface area contributed by atoms with Gasteiger partial charge in [-0.1, -0.05) is 20.3 Å². The predicted octanol–water partition coefficient (Wildman–Crippen LogP) is 1.89. The molecule has 1 rings (SSSR count). The number of aliphatic carboxylic acids is 1. The molecule has 2 atom stereocenters. The highest BCUT2D eigenvalue weighted by Gasteiger charge is 2.25. The third-order valence-electron chi connectivity index (χ3n) is 2.98. The second-order valence-corrected chi connectivity index (χ2v) is 4.54. The van der Waals surface area contributed by atoms with Crippen molar-refractivity contribution in [3.8, 4) is 0 Å². The molecule has 0 bridgehead atoms. The van der Waals surface area contributed by atoms with Crippen LogP contribution in [0.25, 0.3) is 0 Å². The Labute approximate surface area is 112 Å². The van der Waals surface area contributed by atoms with Crippen molar-refractivity contribution in [1.82, 2.24) is 10.6 Å². The second kappa shape index (κ2) is 6.82. The van der Waals surface area contributed by atoms with Crippen LogP contribution in [-0.4, -0.2) is 23.1 Å². The number of carboxylic acid groups (broad SMARTS) is 1. The highest BCUT2D eigenvalue weighted by atomic mass is 16.4. The first-order chi connectivity index (χ1) is 8.93. The van der Waals surface area contributed by atoms with Gasteiger partial charge in [0.1, 0.15) is 17.6 Å². The van der Waals surface area contributed by atoms with E-state index in [4.69, 9.17) is 9.52 Å². The molecule has 0 saturated heterocycles. The number of carboxylic acids is 1. The minimum absolute atomic E-state index is 0.130. The molecule has 6 nitrogen and oxygen atoms in total. The first-order valence-corrected chi connectivity index (χ1v) is 6.26. The fourth-order valence-electron chi connectivity index (χ4n) is 1.62. The number of carbonyl (C=O) groups is 2. The lowest BCUT2D eigenvalue weighted by atomic mass is 9.99. The summed E-state index contributed by atoms with van der Waals surface area (Å²) in [6, 6.07) is 2.16. The number of amides is 2. The van der Waals surface area contributed by atoms with Crippen LogP contribution < -0.4 is 10.6 Å². The van der Waals surface area contributed by atoms with E-state index in [-0.39, 0.29) is 12.5 Å². The summed E-state index contributed by atoms with van der Waals surface area (Å²) in [5, 5.41) is 14.1. The predicted molar refractivity (Wildman–Crippen MR) is 69.7 cm³/mol. The Kier molecular flexibility index (Phi) is 5.41. The number of furan rings is 1. The van der Waals surface area contributed by atoms with E-state index in [1.165, 1.54) is 0 Å². The van der Waals surface area contributed by atoms with Crippen molar-refractivity contribution in [3.63, 3.8) is 0 Å². The Morgan fingerprint density at radius 3 is 2.58 bits per heavy atom. The van der Waals surface area contributed by atoms with Crippen LogP contribution in [0, 0.1) is 12.8 Å². The molecule has 1 heterocycles. The summed E-state index contributed by atoms with van der Waals surface area (Å²) in [6.07, 6.45) is 0.675. The van der Waals surface area contributed by atoms with E-state index in [2.05, 4.69) is 10.6 Å². The van der Waals surface area contributed by atoms with Gasteiger partial charge >= 0.3 is 12.0 Å². The topological polar surface area (TPSA) is 91.6 Å². The first-order valence-electron chi connectivity index (χ1n) is 6.26. The smallest absolute Gasteiger partial charge is 0.326 e. The molecule has 0 aliphatic carbocycles. The van der Waals surface area contributed by atoms with E-state index in [1.807, 2.05) is 13.8 Å². The van der Waals surface area contributed by atoms with E-state index < -0.39 is 18.0 Å². The van der Waals surface area contributed by atoms with Crippen molar-refractivity contribution in [1.29, 1.82) is 0 Å². The van der Waals surface area contributed by atoms with E-state index >= 15 is 0 Å².